The normalized spacial score (nSPS) is 22.4. The molecule has 3 nitrogen and oxygen atoms in total. The van der Waals surface area contributed by atoms with Crippen molar-refractivity contribution >= 4 is 17.5 Å². The maximum atomic E-state index is 13.3. The predicted octanol–water partition coefficient (Wildman–Crippen LogP) is 2.68. The number of carbonyl (C=O) groups excluding carboxylic acids is 1. The van der Waals surface area contributed by atoms with Crippen LogP contribution in [0.1, 0.15) is 30.6 Å². The van der Waals surface area contributed by atoms with Gasteiger partial charge in [-0.2, -0.15) is 0 Å². The first-order valence-electron chi connectivity index (χ1n) is 6.30. The third-order valence-corrected chi connectivity index (χ3v) is 3.93. The number of benzene rings is 1. The van der Waals surface area contributed by atoms with E-state index in [-0.39, 0.29) is 28.0 Å². The summed E-state index contributed by atoms with van der Waals surface area (Å²) in [5.74, 6) is -0.690. The molecule has 1 aliphatic rings. The number of carbonyl (C=O) groups is 1. The fraction of sp³-hybridized carbons (Fsp3) is 0.500. The van der Waals surface area contributed by atoms with Crippen molar-refractivity contribution < 1.29 is 9.18 Å². The highest BCUT2D eigenvalue weighted by molar-refractivity contribution is 6.31. The van der Waals surface area contributed by atoms with Gasteiger partial charge in [0.25, 0.3) is 5.91 Å². The molecule has 2 N–H and O–H groups in total. The molecule has 2 rings (SSSR count). The summed E-state index contributed by atoms with van der Waals surface area (Å²) in [7, 11) is 0. The Morgan fingerprint density at radius 1 is 1.47 bits per heavy atom. The number of halogens is 2. The molecule has 1 unspecified atom stereocenters. The summed E-state index contributed by atoms with van der Waals surface area (Å²) in [5.41, 5.74) is 6.20. The van der Waals surface area contributed by atoms with E-state index in [2.05, 4.69) is 0 Å². The highest BCUT2D eigenvalue weighted by Gasteiger charge is 2.35. The zero-order valence-corrected chi connectivity index (χ0v) is 11.9. The summed E-state index contributed by atoms with van der Waals surface area (Å²) in [6, 6.07) is 3.98. The Balaban J connectivity index is 2.20. The Kier molecular flexibility index (Phi) is 3.83. The topological polar surface area (TPSA) is 46.3 Å². The summed E-state index contributed by atoms with van der Waals surface area (Å²) in [6.45, 7) is 5.24. The Hall–Kier alpha value is -1.13. The molecular formula is C14H18ClFN2O. The van der Waals surface area contributed by atoms with Gasteiger partial charge in [-0.1, -0.05) is 25.4 Å². The van der Waals surface area contributed by atoms with Gasteiger partial charge in [0.1, 0.15) is 5.82 Å². The Morgan fingerprint density at radius 3 is 2.74 bits per heavy atom. The van der Waals surface area contributed by atoms with Crippen molar-refractivity contribution in [3.63, 3.8) is 0 Å². The van der Waals surface area contributed by atoms with E-state index >= 15 is 0 Å². The van der Waals surface area contributed by atoms with Gasteiger partial charge in [0.2, 0.25) is 0 Å². The fourth-order valence-corrected chi connectivity index (χ4v) is 2.63. The van der Waals surface area contributed by atoms with Gasteiger partial charge in [0.05, 0.1) is 0 Å². The molecular weight excluding hydrogens is 267 g/mol. The Bertz CT molecular complexity index is 484. The lowest BCUT2D eigenvalue weighted by atomic mass is 9.79. The molecule has 19 heavy (non-hydrogen) atoms. The zero-order valence-electron chi connectivity index (χ0n) is 11.1. The summed E-state index contributed by atoms with van der Waals surface area (Å²) in [5, 5.41) is 0.233. The molecule has 0 bridgehead atoms. The van der Waals surface area contributed by atoms with Gasteiger partial charge in [0.15, 0.2) is 0 Å². The van der Waals surface area contributed by atoms with Crippen molar-refractivity contribution in [2.45, 2.75) is 26.3 Å². The number of nitrogens with two attached hydrogens (primary N) is 1. The van der Waals surface area contributed by atoms with Crippen LogP contribution in [-0.2, 0) is 0 Å². The van der Waals surface area contributed by atoms with Crippen LogP contribution in [0.15, 0.2) is 18.2 Å². The molecule has 0 radical (unpaired) electrons. The second kappa shape index (κ2) is 5.10. The number of hydrogen-bond donors (Lipinski definition) is 1. The molecule has 0 spiro atoms. The molecule has 0 aliphatic carbocycles. The van der Waals surface area contributed by atoms with Crippen molar-refractivity contribution in [3.05, 3.63) is 34.6 Å². The van der Waals surface area contributed by atoms with Gasteiger partial charge in [-0.3, -0.25) is 4.79 Å². The zero-order chi connectivity index (χ0) is 14.2. The van der Waals surface area contributed by atoms with E-state index in [1.807, 2.05) is 13.8 Å². The number of rotatable bonds is 1. The minimum atomic E-state index is -0.496. The minimum Gasteiger partial charge on any atom is -0.338 e. The maximum absolute atomic E-state index is 13.3. The van der Waals surface area contributed by atoms with E-state index in [9.17, 15) is 9.18 Å². The lowest BCUT2D eigenvalue weighted by molar-refractivity contribution is 0.0532. The smallest absolute Gasteiger partial charge is 0.254 e. The molecule has 1 saturated heterocycles. The second-order valence-electron chi connectivity index (χ2n) is 5.77. The minimum absolute atomic E-state index is 0.0765. The van der Waals surface area contributed by atoms with E-state index in [0.29, 0.717) is 13.1 Å². The van der Waals surface area contributed by atoms with Crippen molar-refractivity contribution in [2.75, 3.05) is 13.1 Å². The van der Waals surface area contributed by atoms with Gasteiger partial charge < -0.3 is 10.6 Å². The SMILES string of the molecule is CC1(C)CN(C(=O)c2cc(F)cc(Cl)c2)CCC1N. The van der Waals surface area contributed by atoms with Crippen LogP contribution in [0.25, 0.3) is 0 Å². The molecule has 0 saturated carbocycles. The van der Waals surface area contributed by atoms with E-state index in [1.165, 1.54) is 18.2 Å². The molecule has 1 amide bonds. The maximum Gasteiger partial charge on any atom is 0.254 e. The molecule has 1 aliphatic heterocycles. The third kappa shape index (κ3) is 3.07. The first-order valence-corrected chi connectivity index (χ1v) is 6.68. The standard InChI is InChI=1S/C14H18ClFN2O/c1-14(2)8-18(4-3-12(14)17)13(19)9-5-10(15)7-11(16)6-9/h5-7,12H,3-4,8,17H2,1-2H3. The Labute approximate surface area is 117 Å². The average Bonchev–Trinajstić information content (AvgIpc) is 2.30. The van der Waals surface area contributed by atoms with Gasteiger partial charge in [-0.05, 0) is 30.0 Å². The van der Waals surface area contributed by atoms with Crippen LogP contribution in [0.4, 0.5) is 4.39 Å². The molecule has 1 fully saturated rings. The van der Waals surface area contributed by atoms with Crippen LogP contribution in [-0.4, -0.2) is 29.9 Å². The fourth-order valence-electron chi connectivity index (χ4n) is 2.41. The monoisotopic (exact) mass is 284 g/mol. The number of hydrogen-bond acceptors (Lipinski definition) is 2. The summed E-state index contributed by atoms with van der Waals surface area (Å²) < 4.78 is 13.3. The van der Waals surface area contributed by atoms with Gasteiger partial charge >= 0.3 is 0 Å². The number of nitrogens with zero attached hydrogens (tertiary/aromatic N) is 1. The lowest BCUT2D eigenvalue weighted by Gasteiger charge is -2.42. The van der Waals surface area contributed by atoms with Crippen LogP contribution < -0.4 is 5.73 Å². The van der Waals surface area contributed by atoms with Gasteiger partial charge in [-0.15, -0.1) is 0 Å². The summed E-state index contributed by atoms with van der Waals surface area (Å²) in [6.07, 6.45) is 0.752. The van der Waals surface area contributed by atoms with Gasteiger partial charge in [-0.25, -0.2) is 4.39 Å². The third-order valence-electron chi connectivity index (χ3n) is 3.71. The molecule has 0 aromatic heterocycles. The van der Waals surface area contributed by atoms with E-state index in [4.69, 9.17) is 17.3 Å². The number of piperidine rings is 1. The second-order valence-corrected chi connectivity index (χ2v) is 6.21. The molecule has 1 aromatic carbocycles. The highest BCUT2D eigenvalue weighted by Crippen LogP contribution is 2.29. The van der Waals surface area contributed by atoms with E-state index < -0.39 is 5.82 Å². The van der Waals surface area contributed by atoms with Crippen molar-refractivity contribution in [2.24, 2.45) is 11.1 Å². The van der Waals surface area contributed by atoms with Crippen LogP contribution in [0.3, 0.4) is 0 Å². The lowest BCUT2D eigenvalue weighted by Crippen LogP contribution is -2.54. The molecule has 1 atom stereocenters. The average molecular weight is 285 g/mol. The largest absolute Gasteiger partial charge is 0.338 e. The van der Waals surface area contributed by atoms with E-state index in [0.717, 1.165) is 6.42 Å². The summed E-state index contributed by atoms with van der Waals surface area (Å²) in [4.78, 5) is 14.1. The van der Waals surface area contributed by atoms with Crippen LogP contribution >= 0.6 is 11.6 Å². The van der Waals surface area contributed by atoms with Crippen molar-refractivity contribution in [1.82, 2.24) is 4.90 Å². The predicted molar refractivity (Wildman–Crippen MR) is 73.7 cm³/mol. The van der Waals surface area contributed by atoms with Gasteiger partial charge in [0, 0.05) is 29.7 Å². The van der Waals surface area contributed by atoms with E-state index in [1.54, 1.807) is 4.90 Å². The van der Waals surface area contributed by atoms with Crippen LogP contribution in [0.2, 0.25) is 5.02 Å². The Morgan fingerprint density at radius 2 is 2.16 bits per heavy atom. The summed E-state index contributed by atoms with van der Waals surface area (Å²) >= 11 is 5.78. The number of likely N-dealkylation sites (tertiary alicyclic amines) is 1. The first-order chi connectivity index (χ1) is 8.79. The highest BCUT2D eigenvalue weighted by atomic mass is 35.5. The number of amides is 1. The van der Waals surface area contributed by atoms with Crippen LogP contribution in [0, 0.1) is 11.2 Å². The first kappa shape index (κ1) is 14.3. The van der Waals surface area contributed by atoms with Crippen molar-refractivity contribution in [1.29, 1.82) is 0 Å². The van der Waals surface area contributed by atoms with Crippen LogP contribution in [0.5, 0.6) is 0 Å². The molecule has 1 heterocycles. The molecule has 104 valence electrons. The van der Waals surface area contributed by atoms with Crippen molar-refractivity contribution in [3.8, 4) is 0 Å². The molecule has 1 aromatic rings. The quantitative estimate of drug-likeness (QED) is 0.862. The molecule has 5 heteroatoms.